The number of ether oxygens (including phenoxy) is 1. The van der Waals surface area contributed by atoms with Gasteiger partial charge in [0.05, 0.1) is 18.8 Å². The molecule has 4 nitrogen and oxygen atoms in total. The zero-order valence-electron chi connectivity index (χ0n) is 11.6. The van der Waals surface area contributed by atoms with Gasteiger partial charge >= 0.3 is 0 Å². The van der Waals surface area contributed by atoms with Gasteiger partial charge in [-0.2, -0.15) is 5.10 Å². The van der Waals surface area contributed by atoms with E-state index in [0.29, 0.717) is 12.3 Å². The van der Waals surface area contributed by atoms with Crippen LogP contribution in [0.3, 0.4) is 0 Å². The number of aromatic nitrogens is 2. The molecule has 1 aromatic carbocycles. The minimum Gasteiger partial charge on any atom is -0.480 e. The number of hydrogen-bond acceptors (Lipinski definition) is 4. The van der Waals surface area contributed by atoms with Crippen molar-refractivity contribution in [1.29, 1.82) is 0 Å². The van der Waals surface area contributed by atoms with Gasteiger partial charge in [0, 0.05) is 6.07 Å². The Morgan fingerprint density at radius 1 is 1.25 bits per heavy atom. The molecule has 0 aliphatic carbocycles. The summed E-state index contributed by atoms with van der Waals surface area (Å²) in [5.74, 6) is 0.258. The molecule has 0 aliphatic rings. The van der Waals surface area contributed by atoms with Crippen LogP contribution < -0.4 is 10.1 Å². The SMILES string of the molecule is CCNC(Cc1cccc(F)c1)c1ccc(OC)nn1. The van der Waals surface area contributed by atoms with E-state index in [-0.39, 0.29) is 11.9 Å². The van der Waals surface area contributed by atoms with Crippen molar-refractivity contribution in [3.63, 3.8) is 0 Å². The van der Waals surface area contributed by atoms with E-state index in [4.69, 9.17) is 4.74 Å². The third-order valence-electron chi connectivity index (χ3n) is 3.01. The van der Waals surface area contributed by atoms with Gasteiger partial charge in [0.2, 0.25) is 5.88 Å². The van der Waals surface area contributed by atoms with Crippen molar-refractivity contribution in [2.24, 2.45) is 0 Å². The summed E-state index contributed by atoms with van der Waals surface area (Å²) < 4.78 is 18.2. The number of likely N-dealkylation sites (N-methyl/N-ethyl adjacent to an activating group) is 1. The molecular formula is C15H18FN3O. The first-order valence-electron chi connectivity index (χ1n) is 6.58. The summed E-state index contributed by atoms with van der Waals surface area (Å²) in [6.45, 7) is 2.82. The molecular weight excluding hydrogens is 257 g/mol. The fourth-order valence-electron chi connectivity index (χ4n) is 2.05. The van der Waals surface area contributed by atoms with Crippen LogP contribution in [-0.2, 0) is 6.42 Å². The molecule has 0 bridgehead atoms. The van der Waals surface area contributed by atoms with Gasteiger partial charge in [0.1, 0.15) is 5.82 Å². The number of benzene rings is 1. The lowest BCUT2D eigenvalue weighted by atomic mass is 10.0. The molecule has 0 aliphatic heterocycles. The summed E-state index contributed by atoms with van der Waals surface area (Å²) in [6, 6.07) is 10.3. The summed E-state index contributed by atoms with van der Waals surface area (Å²) in [6.07, 6.45) is 0.659. The second-order valence-electron chi connectivity index (χ2n) is 4.44. The fourth-order valence-corrected chi connectivity index (χ4v) is 2.05. The maximum absolute atomic E-state index is 13.2. The Balaban J connectivity index is 2.17. The molecule has 0 saturated heterocycles. The van der Waals surface area contributed by atoms with Crippen molar-refractivity contribution in [3.05, 3.63) is 53.5 Å². The Kier molecular flexibility index (Phi) is 5.01. The van der Waals surface area contributed by atoms with Crippen molar-refractivity contribution in [1.82, 2.24) is 15.5 Å². The van der Waals surface area contributed by atoms with Gasteiger partial charge in [0.25, 0.3) is 0 Å². The molecule has 0 spiro atoms. The Morgan fingerprint density at radius 3 is 2.70 bits per heavy atom. The van der Waals surface area contributed by atoms with E-state index < -0.39 is 0 Å². The van der Waals surface area contributed by atoms with Crippen LogP contribution in [-0.4, -0.2) is 23.9 Å². The van der Waals surface area contributed by atoms with Crippen molar-refractivity contribution in [2.75, 3.05) is 13.7 Å². The van der Waals surface area contributed by atoms with Crippen LogP contribution in [0.1, 0.15) is 24.2 Å². The van der Waals surface area contributed by atoms with Gasteiger partial charge < -0.3 is 10.1 Å². The molecule has 0 fully saturated rings. The van der Waals surface area contributed by atoms with Gasteiger partial charge in [-0.25, -0.2) is 4.39 Å². The lowest BCUT2D eigenvalue weighted by Gasteiger charge is -2.17. The molecule has 1 atom stereocenters. The summed E-state index contributed by atoms with van der Waals surface area (Å²) >= 11 is 0. The van der Waals surface area contributed by atoms with E-state index in [2.05, 4.69) is 15.5 Å². The van der Waals surface area contributed by atoms with Crippen LogP contribution >= 0.6 is 0 Å². The highest BCUT2D eigenvalue weighted by atomic mass is 19.1. The van der Waals surface area contributed by atoms with E-state index in [1.165, 1.54) is 6.07 Å². The van der Waals surface area contributed by atoms with E-state index >= 15 is 0 Å². The number of nitrogens with one attached hydrogen (secondary N) is 1. The van der Waals surface area contributed by atoms with Crippen LogP contribution in [0.25, 0.3) is 0 Å². The zero-order valence-corrected chi connectivity index (χ0v) is 11.6. The van der Waals surface area contributed by atoms with E-state index in [9.17, 15) is 4.39 Å². The molecule has 2 aromatic rings. The zero-order chi connectivity index (χ0) is 14.4. The standard InChI is InChI=1S/C15H18FN3O/c1-3-17-14(10-11-5-4-6-12(16)9-11)13-7-8-15(20-2)19-18-13/h4-9,14,17H,3,10H2,1-2H3. The first-order chi connectivity index (χ1) is 9.72. The van der Waals surface area contributed by atoms with Gasteiger partial charge in [-0.05, 0) is 36.7 Å². The Morgan fingerprint density at radius 2 is 2.10 bits per heavy atom. The summed E-state index contributed by atoms with van der Waals surface area (Å²) in [5.41, 5.74) is 1.74. The lowest BCUT2D eigenvalue weighted by molar-refractivity contribution is 0.389. The van der Waals surface area contributed by atoms with Crippen LogP contribution in [0.15, 0.2) is 36.4 Å². The quantitative estimate of drug-likeness (QED) is 0.880. The Hall–Kier alpha value is -2.01. The lowest BCUT2D eigenvalue weighted by Crippen LogP contribution is -2.24. The highest BCUT2D eigenvalue weighted by Gasteiger charge is 2.13. The summed E-state index contributed by atoms with van der Waals surface area (Å²) in [4.78, 5) is 0. The third kappa shape index (κ3) is 3.74. The van der Waals surface area contributed by atoms with Gasteiger partial charge in [-0.1, -0.05) is 19.1 Å². The maximum atomic E-state index is 13.2. The second kappa shape index (κ2) is 6.96. The fraction of sp³-hybridized carbons (Fsp3) is 0.333. The van der Waals surface area contributed by atoms with Crippen molar-refractivity contribution < 1.29 is 9.13 Å². The first-order valence-corrected chi connectivity index (χ1v) is 6.58. The number of methoxy groups -OCH3 is 1. The number of rotatable bonds is 6. The first kappa shape index (κ1) is 14.4. The van der Waals surface area contributed by atoms with Gasteiger partial charge in [-0.15, -0.1) is 5.10 Å². The molecule has 20 heavy (non-hydrogen) atoms. The Labute approximate surface area is 118 Å². The molecule has 2 rings (SSSR count). The molecule has 0 saturated carbocycles. The van der Waals surface area contributed by atoms with Crippen LogP contribution in [0, 0.1) is 5.82 Å². The topological polar surface area (TPSA) is 47.0 Å². The molecule has 5 heteroatoms. The molecule has 0 radical (unpaired) electrons. The third-order valence-corrected chi connectivity index (χ3v) is 3.01. The number of hydrogen-bond donors (Lipinski definition) is 1. The van der Waals surface area contributed by atoms with Gasteiger partial charge in [0.15, 0.2) is 0 Å². The summed E-state index contributed by atoms with van der Waals surface area (Å²) in [7, 11) is 1.55. The van der Waals surface area contributed by atoms with Crippen LogP contribution in [0.4, 0.5) is 4.39 Å². The van der Waals surface area contributed by atoms with Gasteiger partial charge in [-0.3, -0.25) is 0 Å². The van der Waals surface area contributed by atoms with Crippen LogP contribution in [0.2, 0.25) is 0 Å². The van der Waals surface area contributed by atoms with Crippen molar-refractivity contribution >= 4 is 0 Å². The maximum Gasteiger partial charge on any atom is 0.233 e. The van der Waals surface area contributed by atoms with E-state index in [0.717, 1.165) is 17.8 Å². The molecule has 1 aromatic heterocycles. The Bertz CT molecular complexity index is 545. The average Bonchev–Trinajstić information content (AvgIpc) is 2.47. The second-order valence-corrected chi connectivity index (χ2v) is 4.44. The number of nitrogens with zero attached hydrogens (tertiary/aromatic N) is 2. The van der Waals surface area contributed by atoms with Crippen molar-refractivity contribution in [3.8, 4) is 5.88 Å². The monoisotopic (exact) mass is 275 g/mol. The highest BCUT2D eigenvalue weighted by Crippen LogP contribution is 2.18. The molecule has 106 valence electrons. The predicted octanol–water partition coefficient (Wildman–Crippen LogP) is 2.52. The minimum absolute atomic E-state index is 0.000191. The molecule has 1 N–H and O–H groups in total. The minimum atomic E-state index is -0.224. The van der Waals surface area contributed by atoms with E-state index in [1.54, 1.807) is 25.3 Å². The largest absolute Gasteiger partial charge is 0.480 e. The van der Waals surface area contributed by atoms with Crippen LogP contribution in [0.5, 0.6) is 5.88 Å². The predicted molar refractivity (Wildman–Crippen MR) is 75.1 cm³/mol. The number of halogens is 1. The summed E-state index contributed by atoms with van der Waals surface area (Å²) in [5, 5.41) is 11.5. The molecule has 1 heterocycles. The highest BCUT2D eigenvalue weighted by molar-refractivity contribution is 5.21. The normalized spacial score (nSPS) is 12.2. The van der Waals surface area contributed by atoms with E-state index in [1.807, 2.05) is 19.1 Å². The molecule has 0 amide bonds. The molecule has 1 unspecified atom stereocenters. The smallest absolute Gasteiger partial charge is 0.233 e. The van der Waals surface area contributed by atoms with Crippen molar-refractivity contribution in [2.45, 2.75) is 19.4 Å². The average molecular weight is 275 g/mol.